The molecule has 1 N–H and O–H groups in total. The summed E-state index contributed by atoms with van der Waals surface area (Å²) in [5.41, 5.74) is 0. The molecule has 0 radical (unpaired) electrons. The van der Waals surface area contributed by atoms with Crippen molar-refractivity contribution in [3.8, 4) is 0 Å². The van der Waals surface area contributed by atoms with Gasteiger partial charge in [0.05, 0.1) is 0 Å². The third kappa shape index (κ3) is 12.0. The minimum Gasteiger partial charge on any atom is -0.320 e. The summed E-state index contributed by atoms with van der Waals surface area (Å²) in [5, 5.41) is 3.19. The Balaban J connectivity index is 2.78. The smallest absolute Gasteiger partial charge is 0.00519 e. The molecule has 0 bridgehead atoms. The molecule has 0 rings (SSSR count). The fourth-order valence-electron chi connectivity index (χ4n) is 1.79. The van der Waals surface area contributed by atoms with Gasteiger partial charge in [-0.2, -0.15) is 0 Å². The lowest BCUT2D eigenvalue weighted by Gasteiger charge is -2.01. The second-order valence-corrected chi connectivity index (χ2v) is 4.29. The number of nitrogens with one attached hydrogen (secondary N) is 1. The van der Waals surface area contributed by atoms with Gasteiger partial charge in [0, 0.05) is 0 Å². The zero-order chi connectivity index (χ0) is 10.5. The van der Waals surface area contributed by atoms with E-state index in [1.165, 1.54) is 70.8 Å². The molecule has 0 heterocycles. The summed E-state index contributed by atoms with van der Waals surface area (Å²) in [6.07, 6.45) is 14.3. The molecule has 14 heavy (non-hydrogen) atoms. The van der Waals surface area contributed by atoms with Crippen molar-refractivity contribution in [2.75, 3.05) is 13.6 Å². The zero-order valence-electron chi connectivity index (χ0n) is 10.3. The van der Waals surface area contributed by atoms with Gasteiger partial charge in [0.25, 0.3) is 0 Å². The van der Waals surface area contributed by atoms with Gasteiger partial charge in [0.15, 0.2) is 0 Å². The van der Waals surface area contributed by atoms with E-state index in [-0.39, 0.29) is 0 Å². The molecule has 0 unspecified atom stereocenters. The highest BCUT2D eigenvalue weighted by Gasteiger charge is 1.91. The predicted molar refractivity (Wildman–Crippen MR) is 65.8 cm³/mol. The molecule has 0 aliphatic carbocycles. The molecule has 0 aromatic heterocycles. The number of rotatable bonds is 11. The molecule has 0 spiro atoms. The Morgan fingerprint density at radius 2 is 1.07 bits per heavy atom. The highest BCUT2D eigenvalue weighted by molar-refractivity contribution is 4.48. The van der Waals surface area contributed by atoms with E-state index in [9.17, 15) is 0 Å². The van der Waals surface area contributed by atoms with Crippen LogP contribution < -0.4 is 5.32 Å². The van der Waals surface area contributed by atoms with E-state index in [0.29, 0.717) is 0 Å². The van der Waals surface area contributed by atoms with Crippen molar-refractivity contribution in [1.82, 2.24) is 5.32 Å². The minimum absolute atomic E-state index is 1.19. The van der Waals surface area contributed by atoms with Crippen molar-refractivity contribution in [2.24, 2.45) is 0 Å². The van der Waals surface area contributed by atoms with Crippen LogP contribution in [0.25, 0.3) is 0 Å². The lowest BCUT2D eigenvalue weighted by Crippen LogP contribution is -2.06. The van der Waals surface area contributed by atoms with Crippen molar-refractivity contribution >= 4 is 0 Å². The third-order valence-electron chi connectivity index (χ3n) is 2.78. The first-order chi connectivity index (χ1) is 6.91. The molecule has 86 valence electrons. The maximum Gasteiger partial charge on any atom is -0.00519 e. The van der Waals surface area contributed by atoms with Crippen molar-refractivity contribution in [3.05, 3.63) is 0 Å². The molecular weight excluding hydrogens is 170 g/mol. The van der Waals surface area contributed by atoms with Crippen LogP contribution in [0.2, 0.25) is 0 Å². The molecule has 0 aliphatic heterocycles. The Morgan fingerprint density at radius 3 is 1.50 bits per heavy atom. The van der Waals surface area contributed by atoms with Crippen molar-refractivity contribution in [2.45, 2.75) is 71.1 Å². The van der Waals surface area contributed by atoms with Gasteiger partial charge in [-0.05, 0) is 20.0 Å². The van der Waals surface area contributed by atoms with Crippen LogP contribution in [0.3, 0.4) is 0 Å². The van der Waals surface area contributed by atoms with E-state index in [1.807, 2.05) is 7.05 Å². The first-order valence-corrected chi connectivity index (χ1v) is 6.56. The summed E-state index contributed by atoms with van der Waals surface area (Å²) in [6.45, 7) is 3.47. The summed E-state index contributed by atoms with van der Waals surface area (Å²) in [4.78, 5) is 0. The summed E-state index contributed by atoms with van der Waals surface area (Å²) < 4.78 is 0. The van der Waals surface area contributed by atoms with Gasteiger partial charge >= 0.3 is 0 Å². The van der Waals surface area contributed by atoms with E-state index in [1.54, 1.807) is 0 Å². The zero-order valence-corrected chi connectivity index (χ0v) is 10.3. The molecule has 0 aliphatic rings. The largest absolute Gasteiger partial charge is 0.320 e. The van der Waals surface area contributed by atoms with Gasteiger partial charge in [0.2, 0.25) is 0 Å². The van der Waals surface area contributed by atoms with Crippen molar-refractivity contribution in [3.63, 3.8) is 0 Å². The molecular formula is C13H29N. The number of hydrogen-bond donors (Lipinski definition) is 1. The average molecular weight is 199 g/mol. The molecule has 1 nitrogen and oxygen atoms in total. The van der Waals surface area contributed by atoms with Crippen LogP contribution in [-0.2, 0) is 0 Å². The molecule has 0 amide bonds. The van der Waals surface area contributed by atoms with Gasteiger partial charge in [-0.25, -0.2) is 0 Å². The fraction of sp³-hybridized carbons (Fsp3) is 1.00. The van der Waals surface area contributed by atoms with Gasteiger partial charge in [-0.15, -0.1) is 0 Å². The van der Waals surface area contributed by atoms with Gasteiger partial charge < -0.3 is 5.32 Å². The van der Waals surface area contributed by atoms with Crippen LogP contribution in [0, 0.1) is 0 Å². The molecule has 0 aromatic rings. The van der Waals surface area contributed by atoms with Crippen LogP contribution in [-0.4, -0.2) is 13.6 Å². The quantitative estimate of drug-likeness (QED) is 0.493. The summed E-state index contributed by atoms with van der Waals surface area (Å²) in [7, 11) is 2.04. The lowest BCUT2D eigenvalue weighted by atomic mass is 10.1. The van der Waals surface area contributed by atoms with E-state index in [0.717, 1.165) is 0 Å². The summed E-state index contributed by atoms with van der Waals surface area (Å²) >= 11 is 0. The molecule has 0 saturated heterocycles. The Labute approximate surface area is 90.7 Å². The summed E-state index contributed by atoms with van der Waals surface area (Å²) in [5.74, 6) is 0. The molecule has 0 aromatic carbocycles. The molecule has 0 atom stereocenters. The Morgan fingerprint density at radius 1 is 0.643 bits per heavy atom. The average Bonchev–Trinajstić information content (AvgIpc) is 2.21. The van der Waals surface area contributed by atoms with Crippen LogP contribution in [0.15, 0.2) is 0 Å². The van der Waals surface area contributed by atoms with E-state index < -0.39 is 0 Å². The first-order valence-electron chi connectivity index (χ1n) is 6.56. The SMILES string of the molecule is CCCCCCCCCCCCNC. The first kappa shape index (κ1) is 14.0. The van der Waals surface area contributed by atoms with Gasteiger partial charge in [-0.3, -0.25) is 0 Å². The summed E-state index contributed by atoms with van der Waals surface area (Å²) in [6, 6.07) is 0. The van der Waals surface area contributed by atoms with Crippen LogP contribution in [0.4, 0.5) is 0 Å². The van der Waals surface area contributed by atoms with Crippen molar-refractivity contribution < 1.29 is 0 Å². The lowest BCUT2D eigenvalue weighted by molar-refractivity contribution is 0.551. The topological polar surface area (TPSA) is 12.0 Å². The fourth-order valence-corrected chi connectivity index (χ4v) is 1.79. The van der Waals surface area contributed by atoms with Gasteiger partial charge in [-0.1, -0.05) is 64.7 Å². The standard InChI is InChI=1S/C13H29N/c1-3-4-5-6-7-8-9-10-11-12-13-14-2/h14H,3-13H2,1-2H3. The van der Waals surface area contributed by atoms with E-state index >= 15 is 0 Å². The number of hydrogen-bond acceptors (Lipinski definition) is 1. The van der Waals surface area contributed by atoms with Gasteiger partial charge in [0.1, 0.15) is 0 Å². The maximum absolute atomic E-state index is 3.19. The molecule has 0 saturated carbocycles. The Kier molecular flexibility index (Phi) is 12.9. The highest BCUT2D eigenvalue weighted by Crippen LogP contribution is 2.09. The predicted octanol–water partition coefficient (Wildman–Crippen LogP) is 4.13. The van der Waals surface area contributed by atoms with Crippen LogP contribution >= 0.6 is 0 Å². The highest BCUT2D eigenvalue weighted by atomic mass is 14.8. The Bertz CT molecular complexity index is 79.2. The molecule has 0 fully saturated rings. The monoisotopic (exact) mass is 199 g/mol. The van der Waals surface area contributed by atoms with Crippen LogP contribution in [0.1, 0.15) is 71.1 Å². The Hall–Kier alpha value is -0.0400. The van der Waals surface area contributed by atoms with E-state index in [2.05, 4.69) is 12.2 Å². The van der Waals surface area contributed by atoms with Crippen molar-refractivity contribution in [1.29, 1.82) is 0 Å². The van der Waals surface area contributed by atoms with E-state index in [4.69, 9.17) is 0 Å². The van der Waals surface area contributed by atoms with Crippen LogP contribution in [0.5, 0.6) is 0 Å². The second kappa shape index (κ2) is 13.0. The molecule has 1 heteroatoms. The second-order valence-electron chi connectivity index (χ2n) is 4.29. The number of unbranched alkanes of at least 4 members (excludes halogenated alkanes) is 9. The third-order valence-corrected chi connectivity index (χ3v) is 2.78. The minimum atomic E-state index is 1.19. The maximum atomic E-state index is 3.19. The normalized spacial score (nSPS) is 10.7.